The van der Waals surface area contributed by atoms with E-state index in [0.717, 1.165) is 35.8 Å². The van der Waals surface area contributed by atoms with Crippen LogP contribution in [0, 0.1) is 11.8 Å². The topological polar surface area (TPSA) is 49.3 Å². The number of aliphatic imine (C=N–C) groups is 1. The molecule has 1 aliphatic carbocycles. The van der Waals surface area contributed by atoms with Crippen molar-refractivity contribution >= 4 is 41.3 Å². The zero-order valence-corrected chi connectivity index (χ0v) is 17.9. The van der Waals surface area contributed by atoms with E-state index in [1.165, 1.54) is 30.6 Å². The molecule has 1 aromatic rings. The third-order valence-electron chi connectivity index (χ3n) is 4.64. The first-order valence-electron chi connectivity index (χ1n) is 8.53. The van der Waals surface area contributed by atoms with Crippen molar-refractivity contribution in [3.8, 4) is 0 Å². The van der Waals surface area contributed by atoms with Gasteiger partial charge in [0, 0.05) is 24.2 Å². The zero-order valence-electron chi connectivity index (χ0n) is 14.8. The highest BCUT2D eigenvalue weighted by atomic mass is 127. The molecule has 0 aliphatic heterocycles. The van der Waals surface area contributed by atoms with Crippen LogP contribution < -0.4 is 10.6 Å². The fourth-order valence-corrected chi connectivity index (χ4v) is 3.87. The summed E-state index contributed by atoms with van der Waals surface area (Å²) in [5.74, 6) is 2.62. The molecule has 4 nitrogen and oxygen atoms in total. The van der Waals surface area contributed by atoms with Gasteiger partial charge in [0.1, 0.15) is 5.01 Å². The van der Waals surface area contributed by atoms with Crippen LogP contribution in [-0.2, 0) is 13.0 Å². The molecule has 1 fully saturated rings. The molecule has 23 heavy (non-hydrogen) atoms. The number of aromatic nitrogens is 1. The van der Waals surface area contributed by atoms with Crippen molar-refractivity contribution < 1.29 is 0 Å². The lowest BCUT2D eigenvalue weighted by Gasteiger charge is -2.32. The molecule has 0 amide bonds. The predicted octanol–water partition coefficient (Wildman–Crippen LogP) is 4.20. The van der Waals surface area contributed by atoms with E-state index in [9.17, 15) is 0 Å². The van der Waals surface area contributed by atoms with Gasteiger partial charge in [-0.1, -0.05) is 20.8 Å². The maximum Gasteiger partial charge on any atom is 0.191 e. The van der Waals surface area contributed by atoms with E-state index in [0.29, 0.717) is 6.04 Å². The van der Waals surface area contributed by atoms with Gasteiger partial charge in [-0.15, -0.1) is 35.3 Å². The average Bonchev–Trinajstić information content (AvgIpc) is 3.00. The largest absolute Gasteiger partial charge is 0.354 e. The number of aryl methyl sites for hydroxylation is 1. The van der Waals surface area contributed by atoms with Crippen molar-refractivity contribution in [3.05, 3.63) is 16.1 Å². The second-order valence-corrected chi connectivity index (χ2v) is 7.70. The summed E-state index contributed by atoms with van der Waals surface area (Å²) in [4.78, 5) is 10.1. The Morgan fingerprint density at radius 3 is 2.57 bits per heavy atom. The van der Waals surface area contributed by atoms with Crippen LogP contribution in [0.25, 0.3) is 0 Å². The third-order valence-corrected chi connectivity index (χ3v) is 5.78. The molecule has 132 valence electrons. The number of rotatable bonds is 5. The molecule has 0 spiro atoms. The Morgan fingerprint density at radius 2 is 2.04 bits per heavy atom. The molecule has 1 aliphatic rings. The number of thiazole rings is 1. The van der Waals surface area contributed by atoms with Gasteiger partial charge in [0.2, 0.25) is 0 Å². The van der Waals surface area contributed by atoms with Gasteiger partial charge in [-0.25, -0.2) is 4.98 Å². The summed E-state index contributed by atoms with van der Waals surface area (Å²) in [6, 6.07) is 0.559. The highest BCUT2D eigenvalue weighted by molar-refractivity contribution is 14.0. The van der Waals surface area contributed by atoms with Crippen molar-refractivity contribution in [2.45, 2.75) is 65.5 Å². The van der Waals surface area contributed by atoms with E-state index in [2.05, 4.69) is 41.4 Å². The van der Waals surface area contributed by atoms with Gasteiger partial charge >= 0.3 is 0 Å². The minimum Gasteiger partial charge on any atom is -0.354 e. The van der Waals surface area contributed by atoms with E-state index in [4.69, 9.17) is 0 Å². The Balaban J connectivity index is 0.00000264. The molecule has 1 aromatic heterocycles. The monoisotopic (exact) mass is 450 g/mol. The number of nitrogens with zero attached hydrogens (tertiary/aromatic N) is 2. The highest BCUT2D eigenvalue weighted by Crippen LogP contribution is 2.29. The maximum atomic E-state index is 4.44. The van der Waals surface area contributed by atoms with Crippen LogP contribution in [0.4, 0.5) is 0 Å². The zero-order chi connectivity index (χ0) is 15.9. The van der Waals surface area contributed by atoms with Crippen LogP contribution in [0.3, 0.4) is 0 Å². The Kier molecular flexibility index (Phi) is 9.43. The number of guanidine groups is 1. The molecule has 0 bridgehead atoms. The Morgan fingerprint density at radius 1 is 1.35 bits per heavy atom. The molecule has 0 unspecified atom stereocenters. The van der Waals surface area contributed by atoms with Crippen molar-refractivity contribution in [2.75, 3.05) is 7.05 Å². The number of nitrogens with one attached hydrogen (secondary N) is 2. The first-order chi connectivity index (χ1) is 10.6. The van der Waals surface area contributed by atoms with Crippen molar-refractivity contribution in [1.82, 2.24) is 15.6 Å². The maximum absolute atomic E-state index is 4.44. The van der Waals surface area contributed by atoms with Gasteiger partial charge in [-0.3, -0.25) is 4.99 Å². The van der Waals surface area contributed by atoms with E-state index in [1.54, 1.807) is 11.3 Å². The summed E-state index contributed by atoms with van der Waals surface area (Å²) in [6.45, 7) is 7.61. The van der Waals surface area contributed by atoms with Gasteiger partial charge in [0.15, 0.2) is 5.96 Å². The van der Waals surface area contributed by atoms with E-state index >= 15 is 0 Å². The fraction of sp³-hybridized carbons (Fsp3) is 0.765. The number of hydrogen-bond donors (Lipinski definition) is 2. The molecular weight excluding hydrogens is 419 g/mol. The average molecular weight is 450 g/mol. The van der Waals surface area contributed by atoms with Gasteiger partial charge in [0.25, 0.3) is 0 Å². The molecule has 0 radical (unpaired) electrons. The van der Waals surface area contributed by atoms with E-state index in [-0.39, 0.29) is 24.0 Å². The minimum absolute atomic E-state index is 0. The standard InChI is InChI=1S/C17H30N4S.HI/c1-5-15-10-19-16(22-15)11-20-17(18-4)21-14-8-6-13(7-9-14)12(2)3;/h10,12-14H,5-9,11H2,1-4H3,(H2,18,20,21);1H. The normalized spacial score (nSPS) is 21.9. The Hall–Kier alpha value is -0.370. The molecule has 6 heteroatoms. The van der Waals surface area contributed by atoms with Crippen LogP contribution in [0.1, 0.15) is 56.3 Å². The third kappa shape index (κ3) is 6.57. The highest BCUT2D eigenvalue weighted by Gasteiger charge is 2.23. The lowest BCUT2D eigenvalue weighted by Crippen LogP contribution is -2.44. The summed E-state index contributed by atoms with van der Waals surface area (Å²) in [5.41, 5.74) is 0. The molecule has 1 heterocycles. The van der Waals surface area contributed by atoms with Gasteiger partial charge in [-0.05, 0) is 43.9 Å². The molecule has 0 aromatic carbocycles. The summed E-state index contributed by atoms with van der Waals surface area (Å²) in [6.07, 6.45) is 8.20. The van der Waals surface area contributed by atoms with Crippen molar-refractivity contribution in [3.63, 3.8) is 0 Å². The summed E-state index contributed by atoms with van der Waals surface area (Å²) in [5, 5.41) is 8.09. The SMILES string of the molecule is CCc1cnc(CNC(=NC)NC2CCC(C(C)C)CC2)s1.I. The molecule has 2 rings (SSSR count). The van der Waals surface area contributed by atoms with Crippen LogP contribution in [0.15, 0.2) is 11.2 Å². The number of halogens is 1. The first kappa shape index (κ1) is 20.7. The van der Waals surface area contributed by atoms with E-state index < -0.39 is 0 Å². The molecule has 0 saturated heterocycles. The molecule has 1 saturated carbocycles. The van der Waals surface area contributed by atoms with Crippen molar-refractivity contribution in [2.24, 2.45) is 16.8 Å². The van der Waals surface area contributed by atoms with Crippen LogP contribution in [-0.4, -0.2) is 24.0 Å². The predicted molar refractivity (Wildman–Crippen MR) is 111 cm³/mol. The fourth-order valence-electron chi connectivity index (χ4n) is 3.07. The lowest BCUT2D eigenvalue weighted by atomic mass is 9.80. The molecule has 2 N–H and O–H groups in total. The quantitative estimate of drug-likeness (QED) is 0.402. The Labute approximate surface area is 162 Å². The number of hydrogen-bond acceptors (Lipinski definition) is 3. The second-order valence-electron chi connectivity index (χ2n) is 6.50. The summed E-state index contributed by atoms with van der Waals surface area (Å²) in [7, 11) is 1.84. The van der Waals surface area contributed by atoms with Gasteiger partial charge < -0.3 is 10.6 Å². The lowest BCUT2D eigenvalue weighted by molar-refractivity contribution is 0.250. The molecular formula is C17H31IN4S. The Bertz CT molecular complexity index is 479. The van der Waals surface area contributed by atoms with Gasteiger partial charge in [0.05, 0.1) is 6.54 Å². The summed E-state index contributed by atoms with van der Waals surface area (Å²) < 4.78 is 0. The second kappa shape index (κ2) is 10.5. The van der Waals surface area contributed by atoms with Gasteiger partial charge in [-0.2, -0.15) is 0 Å². The smallest absolute Gasteiger partial charge is 0.191 e. The summed E-state index contributed by atoms with van der Waals surface area (Å²) >= 11 is 1.78. The van der Waals surface area contributed by atoms with Crippen LogP contribution >= 0.6 is 35.3 Å². The minimum atomic E-state index is 0. The van der Waals surface area contributed by atoms with E-state index in [1.807, 2.05) is 13.2 Å². The first-order valence-corrected chi connectivity index (χ1v) is 9.34. The molecule has 0 atom stereocenters. The van der Waals surface area contributed by atoms with Crippen LogP contribution in [0.2, 0.25) is 0 Å². The van der Waals surface area contributed by atoms with Crippen LogP contribution in [0.5, 0.6) is 0 Å². The van der Waals surface area contributed by atoms with Crippen molar-refractivity contribution in [1.29, 1.82) is 0 Å².